The van der Waals surface area contributed by atoms with Crippen molar-refractivity contribution in [2.75, 3.05) is 25.5 Å². The Labute approximate surface area is 188 Å². The van der Waals surface area contributed by atoms with Gasteiger partial charge in [-0.3, -0.25) is 14.9 Å². The van der Waals surface area contributed by atoms with E-state index in [0.717, 1.165) is 48.1 Å². The average Bonchev–Trinajstić information content (AvgIpc) is 3.62. The summed E-state index contributed by atoms with van der Waals surface area (Å²) in [5.74, 6) is 0.563. The summed E-state index contributed by atoms with van der Waals surface area (Å²) in [6.07, 6.45) is 9.04. The van der Waals surface area contributed by atoms with Crippen molar-refractivity contribution >= 4 is 33.8 Å². The highest BCUT2D eigenvalue weighted by Crippen LogP contribution is 2.30. The Bertz CT molecular complexity index is 1500. The fourth-order valence-corrected chi connectivity index (χ4v) is 4.27. The van der Waals surface area contributed by atoms with Gasteiger partial charge in [-0.1, -0.05) is 0 Å². The minimum atomic E-state index is 0.00503. The summed E-state index contributed by atoms with van der Waals surface area (Å²) in [6, 6.07) is 5.77. The number of carbonyl (C=O) groups is 1. The zero-order valence-electron chi connectivity index (χ0n) is 18.0. The van der Waals surface area contributed by atoms with Gasteiger partial charge in [0.1, 0.15) is 5.69 Å². The fourth-order valence-electron chi connectivity index (χ4n) is 4.27. The van der Waals surface area contributed by atoms with E-state index in [2.05, 4.69) is 40.4 Å². The van der Waals surface area contributed by atoms with Crippen molar-refractivity contribution in [3.63, 3.8) is 0 Å². The average molecular weight is 439 g/mol. The first kappa shape index (κ1) is 19.4. The van der Waals surface area contributed by atoms with Crippen LogP contribution < -0.4 is 5.32 Å². The topological polar surface area (TPSA) is 128 Å². The molecule has 5 aromatic rings. The van der Waals surface area contributed by atoms with E-state index in [0.29, 0.717) is 33.9 Å². The summed E-state index contributed by atoms with van der Waals surface area (Å²) < 4.78 is 0. The lowest BCUT2D eigenvalue weighted by Crippen LogP contribution is -2.27. The summed E-state index contributed by atoms with van der Waals surface area (Å²) in [6.45, 7) is 1.57. The number of hydrogen-bond donors (Lipinski definition) is 3. The van der Waals surface area contributed by atoms with Gasteiger partial charge in [0.2, 0.25) is 0 Å². The quantitative estimate of drug-likeness (QED) is 0.392. The third-order valence-electron chi connectivity index (χ3n) is 6.02. The Balaban J connectivity index is 1.44. The lowest BCUT2D eigenvalue weighted by molar-refractivity contribution is 0.0794. The minimum absolute atomic E-state index is 0.00503. The molecular formula is C23H21N9O. The molecule has 0 aromatic carbocycles. The molecule has 10 nitrogen and oxygen atoms in total. The van der Waals surface area contributed by atoms with Crippen LogP contribution in [0.4, 0.5) is 5.69 Å². The standard InChI is InChI=1S/C23H21N9O/c1-24-15-8-13(10-25-12-15)14-9-17-19(30-31-20(17)27-11-14)22-28-18-16(4-5-26-21(18)29-22)23(33)32-6-2-3-7-32/h4-5,8-12,24H,2-3,6-7H2,1H3,(H,26,28,29)(H,27,30,31). The number of fused-ring (bicyclic) bond motifs is 2. The van der Waals surface area contributed by atoms with Crippen LogP contribution in [0.15, 0.2) is 43.0 Å². The third-order valence-corrected chi connectivity index (χ3v) is 6.02. The van der Waals surface area contributed by atoms with E-state index >= 15 is 0 Å². The summed E-state index contributed by atoms with van der Waals surface area (Å²) in [4.78, 5) is 36.0. The Morgan fingerprint density at radius 3 is 2.76 bits per heavy atom. The number of imidazole rings is 1. The van der Waals surface area contributed by atoms with Crippen molar-refractivity contribution < 1.29 is 4.79 Å². The number of likely N-dealkylation sites (tertiary alicyclic amines) is 1. The molecular weight excluding hydrogens is 418 g/mol. The molecule has 1 saturated heterocycles. The summed E-state index contributed by atoms with van der Waals surface area (Å²) in [5, 5.41) is 11.3. The first-order valence-electron chi connectivity index (χ1n) is 10.8. The van der Waals surface area contributed by atoms with Crippen LogP contribution in [-0.2, 0) is 0 Å². The lowest BCUT2D eigenvalue weighted by atomic mass is 10.1. The number of aromatic amines is 2. The van der Waals surface area contributed by atoms with Gasteiger partial charge in [0.05, 0.1) is 22.2 Å². The van der Waals surface area contributed by atoms with Gasteiger partial charge in [-0.2, -0.15) is 5.10 Å². The number of rotatable bonds is 4. The molecule has 164 valence electrons. The van der Waals surface area contributed by atoms with Gasteiger partial charge < -0.3 is 15.2 Å². The van der Waals surface area contributed by atoms with Gasteiger partial charge in [-0.05, 0) is 31.0 Å². The molecule has 6 rings (SSSR count). The van der Waals surface area contributed by atoms with E-state index in [4.69, 9.17) is 0 Å². The van der Waals surface area contributed by atoms with Crippen LogP contribution in [0.5, 0.6) is 0 Å². The summed E-state index contributed by atoms with van der Waals surface area (Å²) >= 11 is 0. The normalized spacial score (nSPS) is 13.8. The predicted molar refractivity (Wildman–Crippen MR) is 125 cm³/mol. The van der Waals surface area contributed by atoms with E-state index in [-0.39, 0.29) is 5.91 Å². The van der Waals surface area contributed by atoms with E-state index in [1.807, 2.05) is 24.1 Å². The first-order chi connectivity index (χ1) is 16.2. The Morgan fingerprint density at radius 1 is 1.06 bits per heavy atom. The number of pyridine rings is 3. The highest BCUT2D eigenvalue weighted by molar-refractivity contribution is 6.05. The Kier molecular flexibility index (Phi) is 4.49. The fraction of sp³-hybridized carbons (Fsp3) is 0.217. The largest absolute Gasteiger partial charge is 0.387 e. The highest BCUT2D eigenvalue weighted by Gasteiger charge is 2.23. The Hall–Kier alpha value is -4.34. The van der Waals surface area contributed by atoms with Crippen molar-refractivity contribution in [1.29, 1.82) is 0 Å². The number of amides is 1. The van der Waals surface area contributed by atoms with E-state index in [1.165, 1.54) is 0 Å². The molecule has 5 aromatic heterocycles. The third kappa shape index (κ3) is 3.27. The molecule has 1 amide bonds. The van der Waals surface area contributed by atoms with Crippen LogP contribution in [-0.4, -0.2) is 66.1 Å². The molecule has 0 spiro atoms. The van der Waals surface area contributed by atoms with Crippen LogP contribution in [0.25, 0.3) is 44.8 Å². The minimum Gasteiger partial charge on any atom is -0.387 e. The molecule has 3 N–H and O–H groups in total. The van der Waals surface area contributed by atoms with E-state index in [1.54, 1.807) is 30.9 Å². The van der Waals surface area contributed by atoms with Gasteiger partial charge in [0, 0.05) is 56.1 Å². The molecule has 1 fully saturated rings. The second-order valence-corrected chi connectivity index (χ2v) is 8.05. The molecule has 0 unspecified atom stereocenters. The zero-order valence-corrected chi connectivity index (χ0v) is 18.0. The summed E-state index contributed by atoms with van der Waals surface area (Å²) in [5.41, 5.74) is 5.73. The van der Waals surface area contributed by atoms with Crippen LogP contribution in [0.3, 0.4) is 0 Å². The van der Waals surface area contributed by atoms with Crippen molar-refractivity contribution in [3.05, 3.63) is 48.5 Å². The molecule has 1 aliphatic rings. The number of anilines is 1. The highest BCUT2D eigenvalue weighted by atomic mass is 16.2. The van der Waals surface area contributed by atoms with Crippen LogP contribution >= 0.6 is 0 Å². The molecule has 0 atom stereocenters. The molecule has 0 bridgehead atoms. The smallest absolute Gasteiger partial charge is 0.256 e. The van der Waals surface area contributed by atoms with Gasteiger partial charge in [-0.15, -0.1) is 0 Å². The van der Waals surface area contributed by atoms with Gasteiger partial charge in [-0.25, -0.2) is 15.0 Å². The number of nitrogens with one attached hydrogen (secondary N) is 3. The molecule has 6 heterocycles. The van der Waals surface area contributed by atoms with Gasteiger partial charge in [0.15, 0.2) is 17.1 Å². The number of aromatic nitrogens is 7. The van der Waals surface area contributed by atoms with E-state index < -0.39 is 0 Å². The number of nitrogens with zero attached hydrogens (tertiary/aromatic N) is 6. The van der Waals surface area contributed by atoms with Crippen LogP contribution in [0.2, 0.25) is 0 Å². The molecule has 0 radical (unpaired) electrons. The SMILES string of the molecule is CNc1cncc(-c2cnc3n[nH]c(-c4nc5nccc(C(=O)N6CCCC6)c5[nH]4)c3c2)c1. The van der Waals surface area contributed by atoms with Gasteiger partial charge >= 0.3 is 0 Å². The van der Waals surface area contributed by atoms with Crippen molar-refractivity contribution in [1.82, 2.24) is 40.0 Å². The molecule has 33 heavy (non-hydrogen) atoms. The van der Waals surface area contributed by atoms with Crippen molar-refractivity contribution in [2.45, 2.75) is 12.8 Å². The first-order valence-corrected chi connectivity index (χ1v) is 10.8. The van der Waals surface area contributed by atoms with Crippen LogP contribution in [0.1, 0.15) is 23.2 Å². The zero-order chi connectivity index (χ0) is 22.4. The Morgan fingerprint density at radius 2 is 1.91 bits per heavy atom. The molecule has 0 saturated carbocycles. The molecule has 1 aliphatic heterocycles. The lowest BCUT2D eigenvalue weighted by Gasteiger charge is -2.15. The monoisotopic (exact) mass is 439 g/mol. The maximum absolute atomic E-state index is 13.0. The maximum Gasteiger partial charge on any atom is 0.256 e. The number of hydrogen-bond acceptors (Lipinski definition) is 7. The van der Waals surface area contributed by atoms with Crippen molar-refractivity contribution in [3.8, 4) is 22.6 Å². The second-order valence-electron chi connectivity index (χ2n) is 8.05. The van der Waals surface area contributed by atoms with Crippen molar-refractivity contribution in [2.24, 2.45) is 0 Å². The van der Waals surface area contributed by atoms with Gasteiger partial charge in [0.25, 0.3) is 5.91 Å². The van der Waals surface area contributed by atoms with E-state index in [9.17, 15) is 4.79 Å². The predicted octanol–water partition coefficient (Wildman–Crippen LogP) is 3.24. The van der Waals surface area contributed by atoms with Crippen LogP contribution in [0, 0.1) is 0 Å². The maximum atomic E-state index is 13.0. The second kappa shape index (κ2) is 7.66. The number of H-pyrrole nitrogens is 2. The summed E-state index contributed by atoms with van der Waals surface area (Å²) in [7, 11) is 1.86. The molecule has 10 heteroatoms. The molecule has 0 aliphatic carbocycles. The number of carbonyl (C=O) groups excluding carboxylic acids is 1.